The summed E-state index contributed by atoms with van der Waals surface area (Å²) in [6.07, 6.45) is 2.13. The van der Waals surface area contributed by atoms with Gasteiger partial charge in [0.05, 0.1) is 10.0 Å². The quantitative estimate of drug-likeness (QED) is 0.618. The first-order valence-corrected chi connectivity index (χ1v) is 7.17. The van der Waals surface area contributed by atoms with Crippen LogP contribution in [0.5, 0.6) is 11.6 Å². The summed E-state index contributed by atoms with van der Waals surface area (Å²) in [7, 11) is 0. The molecule has 0 bridgehead atoms. The number of benzene rings is 1. The van der Waals surface area contributed by atoms with Crippen molar-refractivity contribution in [1.82, 2.24) is 9.97 Å². The third kappa shape index (κ3) is 3.23. The number of halogens is 2. The maximum atomic E-state index is 5.81. The van der Waals surface area contributed by atoms with Crippen molar-refractivity contribution < 1.29 is 4.74 Å². The summed E-state index contributed by atoms with van der Waals surface area (Å²) in [6.45, 7) is 1.99. The van der Waals surface area contributed by atoms with Crippen molar-refractivity contribution in [3.63, 3.8) is 0 Å². The second kappa shape index (κ2) is 6.31. The van der Waals surface area contributed by atoms with Crippen LogP contribution in [-0.2, 0) is 6.42 Å². The van der Waals surface area contributed by atoms with E-state index in [4.69, 9.17) is 10.6 Å². The van der Waals surface area contributed by atoms with E-state index in [9.17, 15) is 0 Å². The molecule has 0 aliphatic carbocycles. The van der Waals surface area contributed by atoms with Gasteiger partial charge in [-0.2, -0.15) is 0 Å². The van der Waals surface area contributed by atoms with E-state index in [0.29, 0.717) is 23.9 Å². The Morgan fingerprint density at radius 2 is 2.11 bits per heavy atom. The first-order valence-electron chi connectivity index (χ1n) is 5.59. The lowest BCUT2D eigenvalue weighted by atomic mass is 10.2. The van der Waals surface area contributed by atoms with Crippen molar-refractivity contribution in [2.24, 2.45) is 5.84 Å². The average molecular weight is 388 g/mol. The van der Waals surface area contributed by atoms with Crippen LogP contribution in [-0.4, -0.2) is 9.97 Å². The minimum absolute atomic E-state index is 0.494. The molecule has 19 heavy (non-hydrogen) atoms. The van der Waals surface area contributed by atoms with Gasteiger partial charge in [-0.25, -0.2) is 15.8 Å². The van der Waals surface area contributed by atoms with Gasteiger partial charge in [-0.15, -0.1) is 0 Å². The van der Waals surface area contributed by atoms with E-state index < -0.39 is 0 Å². The summed E-state index contributed by atoms with van der Waals surface area (Å²) in [4.78, 5) is 8.22. The predicted molar refractivity (Wildman–Crippen MR) is 81.1 cm³/mol. The zero-order valence-corrected chi connectivity index (χ0v) is 13.3. The normalized spacial score (nSPS) is 10.3. The molecule has 1 aromatic heterocycles. The van der Waals surface area contributed by atoms with Crippen LogP contribution in [0.1, 0.15) is 12.5 Å². The molecule has 100 valence electrons. The van der Waals surface area contributed by atoms with Gasteiger partial charge in [0.1, 0.15) is 17.9 Å². The molecule has 1 heterocycles. The molecule has 3 N–H and O–H groups in total. The molecule has 2 rings (SSSR count). The zero-order chi connectivity index (χ0) is 13.8. The third-order valence-electron chi connectivity index (χ3n) is 2.50. The van der Waals surface area contributed by atoms with Gasteiger partial charge >= 0.3 is 0 Å². The smallest absolute Gasteiger partial charge is 0.227 e. The van der Waals surface area contributed by atoms with Gasteiger partial charge in [-0.05, 0) is 40.5 Å². The highest BCUT2D eigenvalue weighted by Gasteiger charge is 2.12. The number of nitrogens with zero attached hydrogens (tertiary/aromatic N) is 2. The van der Waals surface area contributed by atoms with Crippen LogP contribution in [0.25, 0.3) is 0 Å². The second-order valence-corrected chi connectivity index (χ2v) is 5.45. The lowest BCUT2D eigenvalue weighted by Gasteiger charge is -2.12. The monoisotopic (exact) mass is 386 g/mol. The first kappa shape index (κ1) is 14.2. The summed E-state index contributed by atoms with van der Waals surface area (Å²) < 4.78 is 7.62. The molecule has 0 fully saturated rings. The fraction of sp³-hybridized carbons (Fsp3) is 0.167. The number of rotatable bonds is 4. The van der Waals surface area contributed by atoms with E-state index in [0.717, 1.165) is 14.5 Å². The zero-order valence-electron chi connectivity index (χ0n) is 10.2. The lowest BCUT2D eigenvalue weighted by Crippen LogP contribution is -2.12. The van der Waals surface area contributed by atoms with Crippen LogP contribution in [0.4, 0.5) is 5.82 Å². The molecule has 0 radical (unpaired) electrons. The molecular weight excluding hydrogens is 376 g/mol. The number of hydrazine groups is 1. The maximum Gasteiger partial charge on any atom is 0.227 e. The third-order valence-corrected chi connectivity index (χ3v) is 3.61. The number of nitrogens with one attached hydrogen (secondary N) is 1. The molecule has 0 amide bonds. The van der Waals surface area contributed by atoms with Gasteiger partial charge in [-0.3, -0.25) is 0 Å². The molecule has 0 saturated heterocycles. The Kier molecular flexibility index (Phi) is 4.73. The number of hydrogen-bond acceptors (Lipinski definition) is 5. The highest BCUT2D eigenvalue weighted by Crippen LogP contribution is 2.33. The topological polar surface area (TPSA) is 73.1 Å². The molecule has 1 aromatic carbocycles. The van der Waals surface area contributed by atoms with Gasteiger partial charge in [0.15, 0.2) is 0 Å². The Hall–Kier alpha value is -1.18. The molecule has 0 saturated carbocycles. The maximum absolute atomic E-state index is 5.81. The number of aromatic nitrogens is 2. The van der Waals surface area contributed by atoms with Crippen molar-refractivity contribution in [3.8, 4) is 11.6 Å². The standard InChI is InChI=1S/C12H12Br2N4O/c1-2-8-11(18-15)16-6-17-12(8)19-10-4-3-7(13)5-9(10)14/h3-6H,2,15H2,1H3,(H,16,17,18). The Morgan fingerprint density at radius 3 is 2.74 bits per heavy atom. The van der Waals surface area contributed by atoms with Crippen molar-refractivity contribution >= 4 is 37.7 Å². The van der Waals surface area contributed by atoms with E-state index in [1.807, 2.05) is 25.1 Å². The Bertz CT molecular complexity index is 592. The molecule has 0 spiro atoms. The first-order chi connectivity index (χ1) is 9.15. The summed E-state index contributed by atoms with van der Waals surface area (Å²) in [5.74, 6) is 7.17. The van der Waals surface area contributed by atoms with E-state index in [1.54, 1.807) is 0 Å². The molecule has 0 aliphatic rings. The minimum Gasteiger partial charge on any atom is -0.437 e. The van der Waals surface area contributed by atoms with E-state index in [-0.39, 0.29) is 0 Å². The molecule has 0 atom stereocenters. The number of hydrogen-bond donors (Lipinski definition) is 2. The van der Waals surface area contributed by atoms with Crippen molar-refractivity contribution in [2.75, 3.05) is 5.43 Å². The van der Waals surface area contributed by atoms with Crippen LogP contribution in [0.3, 0.4) is 0 Å². The van der Waals surface area contributed by atoms with Crippen molar-refractivity contribution in [1.29, 1.82) is 0 Å². The Morgan fingerprint density at radius 1 is 1.32 bits per heavy atom. The van der Waals surface area contributed by atoms with Crippen LogP contribution in [0, 0.1) is 0 Å². The molecule has 0 unspecified atom stereocenters. The van der Waals surface area contributed by atoms with Crippen molar-refractivity contribution in [3.05, 3.63) is 39.0 Å². The summed E-state index contributed by atoms with van der Waals surface area (Å²) in [5.41, 5.74) is 3.38. The fourth-order valence-electron chi connectivity index (χ4n) is 1.59. The highest BCUT2D eigenvalue weighted by atomic mass is 79.9. The predicted octanol–water partition coefficient (Wildman–Crippen LogP) is 3.64. The number of nitrogens with two attached hydrogens (primary N) is 1. The van der Waals surface area contributed by atoms with E-state index in [1.165, 1.54) is 6.33 Å². The lowest BCUT2D eigenvalue weighted by molar-refractivity contribution is 0.452. The summed E-state index contributed by atoms with van der Waals surface area (Å²) in [5, 5.41) is 0. The second-order valence-electron chi connectivity index (χ2n) is 3.68. The fourth-order valence-corrected chi connectivity index (χ4v) is 2.72. The van der Waals surface area contributed by atoms with Crippen LogP contribution in [0.15, 0.2) is 33.5 Å². The highest BCUT2D eigenvalue weighted by molar-refractivity contribution is 9.11. The molecule has 7 heteroatoms. The summed E-state index contributed by atoms with van der Waals surface area (Å²) in [6, 6.07) is 5.66. The largest absolute Gasteiger partial charge is 0.437 e. The van der Waals surface area contributed by atoms with Gasteiger partial charge in [0.2, 0.25) is 5.88 Å². The van der Waals surface area contributed by atoms with E-state index in [2.05, 4.69) is 47.3 Å². The molecule has 2 aromatic rings. The Labute approximate surface area is 127 Å². The SMILES string of the molecule is CCc1c(NN)ncnc1Oc1ccc(Br)cc1Br. The average Bonchev–Trinajstić information content (AvgIpc) is 2.41. The Balaban J connectivity index is 2.37. The van der Waals surface area contributed by atoms with E-state index >= 15 is 0 Å². The van der Waals surface area contributed by atoms with Crippen LogP contribution >= 0.6 is 31.9 Å². The minimum atomic E-state index is 0.494. The molecule has 5 nitrogen and oxygen atoms in total. The summed E-state index contributed by atoms with van der Waals surface area (Å²) >= 11 is 6.84. The number of ether oxygens (including phenoxy) is 1. The number of nitrogen functional groups attached to an aromatic ring is 1. The van der Waals surface area contributed by atoms with Gasteiger partial charge in [0.25, 0.3) is 0 Å². The number of anilines is 1. The molecular formula is C12H12Br2N4O. The van der Waals surface area contributed by atoms with Crippen LogP contribution in [0.2, 0.25) is 0 Å². The molecule has 0 aliphatic heterocycles. The van der Waals surface area contributed by atoms with Gasteiger partial charge < -0.3 is 10.2 Å². The van der Waals surface area contributed by atoms with Crippen molar-refractivity contribution in [2.45, 2.75) is 13.3 Å². The van der Waals surface area contributed by atoms with Crippen LogP contribution < -0.4 is 16.0 Å². The van der Waals surface area contributed by atoms with Gasteiger partial charge in [0, 0.05) is 4.47 Å². The van der Waals surface area contributed by atoms with Gasteiger partial charge in [-0.1, -0.05) is 22.9 Å².